The monoisotopic (exact) mass is 385 g/mol. The molecule has 146 valence electrons. The van der Waals surface area contributed by atoms with E-state index < -0.39 is 30.2 Å². The van der Waals surface area contributed by atoms with Crippen LogP contribution in [0.15, 0.2) is 48.5 Å². The highest BCUT2D eigenvalue weighted by atomic mass is 16.5. The number of benzene rings is 2. The molecule has 0 aliphatic carbocycles. The van der Waals surface area contributed by atoms with Gasteiger partial charge in [-0.25, -0.2) is 4.79 Å². The van der Waals surface area contributed by atoms with Crippen molar-refractivity contribution in [2.24, 2.45) is 0 Å². The van der Waals surface area contributed by atoms with Crippen molar-refractivity contribution in [3.8, 4) is 5.75 Å². The lowest BCUT2D eigenvalue weighted by Gasteiger charge is -2.10. The smallest absolute Gasteiger partial charge is 0.339 e. The average Bonchev–Trinajstić information content (AvgIpc) is 2.72. The largest absolute Gasteiger partial charge is 0.497 e. The molecule has 0 saturated heterocycles. The lowest BCUT2D eigenvalue weighted by molar-refractivity contribution is -0.136. The van der Waals surface area contributed by atoms with Gasteiger partial charge in [0.2, 0.25) is 5.91 Å². The van der Waals surface area contributed by atoms with E-state index in [1.165, 1.54) is 26.4 Å². The number of rotatable bonds is 6. The van der Waals surface area contributed by atoms with Crippen molar-refractivity contribution in [1.29, 1.82) is 0 Å². The van der Waals surface area contributed by atoms with Gasteiger partial charge in [-0.1, -0.05) is 12.1 Å². The number of hydrogen-bond acceptors (Lipinski definition) is 6. The van der Waals surface area contributed by atoms with E-state index in [0.717, 1.165) is 0 Å². The molecule has 2 aromatic carbocycles. The van der Waals surface area contributed by atoms with Crippen molar-refractivity contribution >= 4 is 35.1 Å². The van der Waals surface area contributed by atoms with Gasteiger partial charge in [0, 0.05) is 5.69 Å². The second-order valence-corrected chi connectivity index (χ2v) is 5.45. The third kappa shape index (κ3) is 5.56. The first-order valence-electron chi connectivity index (χ1n) is 8.15. The summed E-state index contributed by atoms with van der Waals surface area (Å²) >= 11 is 0. The number of ether oxygens (including phenoxy) is 2. The topological polar surface area (TPSA) is 123 Å². The Hall–Kier alpha value is -3.88. The number of amides is 3. The Morgan fingerprint density at radius 1 is 0.857 bits per heavy atom. The lowest BCUT2D eigenvalue weighted by Crippen LogP contribution is -2.39. The van der Waals surface area contributed by atoms with Crippen LogP contribution in [-0.2, 0) is 19.1 Å². The normalized spacial score (nSPS) is 9.79. The van der Waals surface area contributed by atoms with Crippen LogP contribution in [0.2, 0.25) is 0 Å². The Labute approximate surface area is 161 Å². The summed E-state index contributed by atoms with van der Waals surface area (Å²) in [6.45, 7) is -0.454. The molecule has 0 aromatic heterocycles. The lowest BCUT2D eigenvalue weighted by atomic mass is 10.2. The maximum atomic E-state index is 12.0. The van der Waals surface area contributed by atoms with Gasteiger partial charge in [0.1, 0.15) is 5.75 Å². The maximum absolute atomic E-state index is 12.0. The van der Waals surface area contributed by atoms with E-state index in [1.54, 1.807) is 36.4 Å². The Morgan fingerprint density at radius 2 is 1.54 bits per heavy atom. The zero-order valence-corrected chi connectivity index (χ0v) is 15.3. The van der Waals surface area contributed by atoms with Gasteiger partial charge in [-0.2, -0.15) is 0 Å². The molecule has 0 bridgehead atoms. The third-order valence-electron chi connectivity index (χ3n) is 3.57. The number of para-hydroxylation sites is 1. The zero-order chi connectivity index (χ0) is 20.5. The van der Waals surface area contributed by atoms with Crippen molar-refractivity contribution in [2.45, 2.75) is 0 Å². The molecule has 0 saturated carbocycles. The molecule has 9 heteroatoms. The summed E-state index contributed by atoms with van der Waals surface area (Å²) in [4.78, 5) is 47.4. The molecule has 0 spiro atoms. The molecule has 28 heavy (non-hydrogen) atoms. The van der Waals surface area contributed by atoms with Gasteiger partial charge >= 0.3 is 17.8 Å². The molecule has 3 amide bonds. The van der Waals surface area contributed by atoms with E-state index in [-0.39, 0.29) is 11.3 Å². The van der Waals surface area contributed by atoms with Crippen LogP contribution >= 0.6 is 0 Å². The first-order chi connectivity index (χ1) is 13.4. The standard InChI is InChI=1S/C19H19N3O6/c1-27-13-9-7-12(8-10-13)21-18(25)17(24)20-11-16(23)22-15-6-4-3-5-14(15)19(26)28-2/h3-10H,11H2,1-2H3,(H,20,24)(H,21,25)(H,22,23). The van der Waals surface area contributed by atoms with Crippen LogP contribution in [0.5, 0.6) is 5.75 Å². The quantitative estimate of drug-likeness (QED) is 0.507. The average molecular weight is 385 g/mol. The number of carbonyl (C=O) groups excluding carboxylic acids is 4. The van der Waals surface area contributed by atoms with E-state index in [1.807, 2.05) is 0 Å². The van der Waals surface area contributed by atoms with E-state index in [9.17, 15) is 19.2 Å². The molecule has 0 radical (unpaired) electrons. The highest BCUT2D eigenvalue weighted by molar-refractivity contribution is 6.39. The van der Waals surface area contributed by atoms with E-state index >= 15 is 0 Å². The molecule has 9 nitrogen and oxygen atoms in total. The molecule has 0 aliphatic heterocycles. The van der Waals surface area contributed by atoms with Crippen LogP contribution in [-0.4, -0.2) is 44.5 Å². The van der Waals surface area contributed by atoms with Crippen molar-refractivity contribution in [3.63, 3.8) is 0 Å². The summed E-state index contributed by atoms with van der Waals surface area (Å²) < 4.78 is 9.64. The molecule has 0 atom stereocenters. The minimum absolute atomic E-state index is 0.168. The Kier molecular flexibility index (Phi) is 7.09. The predicted molar refractivity (Wildman–Crippen MR) is 101 cm³/mol. The summed E-state index contributed by atoms with van der Waals surface area (Å²) in [6, 6.07) is 12.6. The number of carbonyl (C=O) groups is 4. The first-order valence-corrected chi connectivity index (χ1v) is 8.15. The molecule has 3 N–H and O–H groups in total. The molecule has 2 aromatic rings. The van der Waals surface area contributed by atoms with Gasteiger partial charge in [-0.3, -0.25) is 14.4 Å². The SMILES string of the molecule is COC(=O)c1ccccc1NC(=O)CNC(=O)C(=O)Nc1ccc(OC)cc1. The Bertz CT molecular complexity index is 879. The summed E-state index contributed by atoms with van der Waals surface area (Å²) in [6.07, 6.45) is 0. The molecule has 0 fully saturated rings. The van der Waals surface area contributed by atoms with E-state index in [2.05, 4.69) is 20.7 Å². The first kappa shape index (κ1) is 20.4. The number of nitrogens with one attached hydrogen (secondary N) is 3. The van der Waals surface area contributed by atoms with Crippen molar-refractivity contribution in [3.05, 3.63) is 54.1 Å². The van der Waals surface area contributed by atoms with Gasteiger partial charge < -0.3 is 25.4 Å². The fourth-order valence-electron chi connectivity index (χ4n) is 2.18. The maximum Gasteiger partial charge on any atom is 0.339 e. The van der Waals surface area contributed by atoms with Crippen LogP contribution < -0.4 is 20.7 Å². The van der Waals surface area contributed by atoms with Crippen LogP contribution in [0, 0.1) is 0 Å². The van der Waals surface area contributed by atoms with Crippen LogP contribution in [0.3, 0.4) is 0 Å². The molecular formula is C19H19N3O6. The van der Waals surface area contributed by atoms with Crippen molar-refractivity contribution < 1.29 is 28.7 Å². The van der Waals surface area contributed by atoms with Crippen LogP contribution in [0.25, 0.3) is 0 Å². The molecule has 2 rings (SSSR count). The van der Waals surface area contributed by atoms with Crippen LogP contribution in [0.4, 0.5) is 11.4 Å². The van der Waals surface area contributed by atoms with Gasteiger partial charge in [0.05, 0.1) is 32.0 Å². The molecular weight excluding hydrogens is 366 g/mol. The highest BCUT2D eigenvalue weighted by Crippen LogP contribution is 2.16. The molecule has 0 aliphatic rings. The summed E-state index contributed by atoms with van der Waals surface area (Å²) in [5.74, 6) is -2.52. The zero-order valence-electron chi connectivity index (χ0n) is 15.3. The number of anilines is 2. The Balaban J connectivity index is 1.87. The van der Waals surface area contributed by atoms with E-state index in [0.29, 0.717) is 11.4 Å². The molecule has 0 heterocycles. The van der Waals surface area contributed by atoms with Crippen molar-refractivity contribution in [2.75, 3.05) is 31.4 Å². The number of methoxy groups -OCH3 is 2. The number of esters is 1. The summed E-state index contributed by atoms with van der Waals surface area (Å²) in [5, 5.41) is 7.09. The van der Waals surface area contributed by atoms with Gasteiger partial charge in [-0.15, -0.1) is 0 Å². The second kappa shape index (κ2) is 9.72. The van der Waals surface area contributed by atoms with E-state index in [4.69, 9.17) is 4.74 Å². The minimum Gasteiger partial charge on any atom is -0.497 e. The highest BCUT2D eigenvalue weighted by Gasteiger charge is 2.17. The van der Waals surface area contributed by atoms with Gasteiger partial charge in [0.15, 0.2) is 0 Å². The fraction of sp³-hybridized carbons (Fsp3) is 0.158. The number of hydrogen-bond donors (Lipinski definition) is 3. The minimum atomic E-state index is -0.979. The third-order valence-corrected chi connectivity index (χ3v) is 3.57. The van der Waals surface area contributed by atoms with Gasteiger partial charge in [-0.05, 0) is 36.4 Å². The van der Waals surface area contributed by atoms with Gasteiger partial charge in [0.25, 0.3) is 0 Å². The van der Waals surface area contributed by atoms with Crippen LogP contribution in [0.1, 0.15) is 10.4 Å². The summed E-state index contributed by atoms with van der Waals surface area (Å²) in [7, 11) is 2.73. The predicted octanol–water partition coefficient (Wildman–Crippen LogP) is 1.18. The fourth-order valence-corrected chi connectivity index (χ4v) is 2.18. The Morgan fingerprint density at radius 3 is 2.18 bits per heavy atom. The molecule has 0 unspecified atom stereocenters. The summed E-state index contributed by atoms with van der Waals surface area (Å²) in [5.41, 5.74) is 0.801. The van der Waals surface area contributed by atoms with Crippen molar-refractivity contribution in [1.82, 2.24) is 5.32 Å². The second-order valence-electron chi connectivity index (χ2n) is 5.45.